The Hall–Kier alpha value is -1.02. The maximum Gasteiger partial charge on any atom is 0.0335 e. The van der Waals surface area contributed by atoms with Crippen LogP contribution in [0.1, 0.15) is 26.7 Å². The van der Waals surface area contributed by atoms with Crippen LogP contribution in [0, 0.1) is 0 Å². The molecule has 0 fully saturated rings. The van der Waals surface area contributed by atoms with Crippen LogP contribution in [0.25, 0.3) is 0 Å². The third-order valence-electron chi connectivity index (χ3n) is 2.75. The van der Waals surface area contributed by atoms with E-state index in [1.54, 1.807) is 0 Å². The van der Waals surface area contributed by atoms with Gasteiger partial charge in [0.1, 0.15) is 0 Å². The first kappa shape index (κ1) is 13.0. The largest absolute Gasteiger partial charge is 0.346 e. The lowest BCUT2D eigenvalue weighted by Gasteiger charge is -2.29. The summed E-state index contributed by atoms with van der Waals surface area (Å²) in [6.07, 6.45) is 8.90. The second kappa shape index (κ2) is 5.90. The molecule has 1 rings (SSSR count). The van der Waals surface area contributed by atoms with Gasteiger partial charge in [0.25, 0.3) is 0 Å². The summed E-state index contributed by atoms with van der Waals surface area (Å²) in [5.74, 6) is 0. The predicted octanol–water partition coefficient (Wildman–Crippen LogP) is 3.01. The fourth-order valence-corrected chi connectivity index (χ4v) is 1.82. The van der Waals surface area contributed by atoms with Gasteiger partial charge in [0.2, 0.25) is 0 Å². The molecule has 0 spiro atoms. The van der Waals surface area contributed by atoms with Gasteiger partial charge in [0, 0.05) is 17.9 Å². The molecule has 0 saturated heterocycles. The van der Waals surface area contributed by atoms with Gasteiger partial charge in [0.05, 0.1) is 0 Å². The molecular formula is C14H24N2. The van der Waals surface area contributed by atoms with Gasteiger partial charge in [0.15, 0.2) is 0 Å². The van der Waals surface area contributed by atoms with E-state index in [0.717, 1.165) is 18.7 Å². The first-order valence-corrected chi connectivity index (χ1v) is 6.01. The van der Waals surface area contributed by atoms with Crippen LogP contribution >= 0.6 is 0 Å². The van der Waals surface area contributed by atoms with Gasteiger partial charge in [-0.05, 0) is 59.0 Å². The van der Waals surface area contributed by atoms with E-state index >= 15 is 0 Å². The van der Waals surface area contributed by atoms with Gasteiger partial charge < -0.3 is 9.80 Å². The van der Waals surface area contributed by atoms with Crippen molar-refractivity contribution in [1.82, 2.24) is 9.80 Å². The molecule has 0 amide bonds. The molecule has 0 aromatic carbocycles. The molecule has 0 N–H and O–H groups in total. The van der Waals surface area contributed by atoms with Crippen molar-refractivity contribution in [2.24, 2.45) is 0 Å². The van der Waals surface area contributed by atoms with Gasteiger partial charge >= 0.3 is 0 Å². The first-order valence-electron chi connectivity index (χ1n) is 6.01. The zero-order chi connectivity index (χ0) is 12.1. The number of hydrogen-bond acceptors (Lipinski definition) is 2. The van der Waals surface area contributed by atoms with Crippen LogP contribution in [0.5, 0.6) is 0 Å². The van der Waals surface area contributed by atoms with Crippen LogP contribution in [0.15, 0.2) is 36.2 Å². The summed E-state index contributed by atoms with van der Waals surface area (Å²) in [5, 5.41) is 0. The minimum Gasteiger partial charge on any atom is -0.346 e. The van der Waals surface area contributed by atoms with E-state index in [-0.39, 0.29) is 0 Å². The van der Waals surface area contributed by atoms with E-state index < -0.39 is 0 Å². The second-order valence-electron chi connectivity index (χ2n) is 4.94. The van der Waals surface area contributed by atoms with Crippen molar-refractivity contribution in [3.8, 4) is 0 Å². The van der Waals surface area contributed by atoms with Gasteiger partial charge in [-0.15, -0.1) is 0 Å². The monoisotopic (exact) mass is 220 g/mol. The van der Waals surface area contributed by atoms with Gasteiger partial charge in [-0.25, -0.2) is 0 Å². The Morgan fingerprint density at radius 2 is 2.00 bits per heavy atom. The lowest BCUT2D eigenvalue weighted by Crippen LogP contribution is -2.25. The number of allylic oxidation sites excluding steroid dienone is 3. The fraction of sp³-hybridized carbons (Fsp3) is 0.571. The molecule has 0 atom stereocenters. The van der Waals surface area contributed by atoms with E-state index in [0.29, 0.717) is 6.04 Å². The summed E-state index contributed by atoms with van der Waals surface area (Å²) in [6.45, 7) is 9.58. The van der Waals surface area contributed by atoms with Crippen molar-refractivity contribution in [2.75, 3.05) is 20.6 Å². The Morgan fingerprint density at radius 1 is 1.31 bits per heavy atom. The van der Waals surface area contributed by atoms with E-state index in [1.165, 1.54) is 12.0 Å². The molecular weight excluding hydrogens is 196 g/mol. The molecule has 0 bridgehead atoms. The third kappa shape index (κ3) is 3.86. The molecule has 1 aliphatic rings. The molecule has 2 heteroatoms. The first-order chi connectivity index (χ1) is 7.50. The SMILES string of the molecule is C=C1C=CC(CCCN(C)C)=CN1C(C)C. The van der Waals surface area contributed by atoms with Gasteiger partial charge in [-0.1, -0.05) is 12.7 Å². The lowest BCUT2D eigenvalue weighted by molar-refractivity contribution is 0.383. The summed E-state index contributed by atoms with van der Waals surface area (Å²) in [6, 6.07) is 0.487. The summed E-state index contributed by atoms with van der Waals surface area (Å²) in [7, 11) is 4.24. The molecule has 2 nitrogen and oxygen atoms in total. The molecule has 1 heterocycles. The third-order valence-corrected chi connectivity index (χ3v) is 2.75. The van der Waals surface area contributed by atoms with Crippen LogP contribution in [-0.2, 0) is 0 Å². The maximum absolute atomic E-state index is 4.05. The van der Waals surface area contributed by atoms with Crippen LogP contribution in [0.2, 0.25) is 0 Å². The smallest absolute Gasteiger partial charge is 0.0335 e. The highest BCUT2D eigenvalue weighted by atomic mass is 15.1. The average Bonchev–Trinajstić information content (AvgIpc) is 2.19. The minimum atomic E-state index is 0.487. The quantitative estimate of drug-likeness (QED) is 0.703. The van der Waals surface area contributed by atoms with Crippen molar-refractivity contribution >= 4 is 0 Å². The van der Waals surface area contributed by atoms with Gasteiger partial charge in [-0.2, -0.15) is 0 Å². The van der Waals surface area contributed by atoms with Crippen LogP contribution in [-0.4, -0.2) is 36.5 Å². The topological polar surface area (TPSA) is 6.48 Å². The van der Waals surface area contributed by atoms with E-state index in [2.05, 4.69) is 62.7 Å². The second-order valence-corrected chi connectivity index (χ2v) is 4.94. The molecule has 0 aromatic rings. The molecule has 0 radical (unpaired) electrons. The van der Waals surface area contributed by atoms with Gasteiger partial charge in [-0.3, -0.25) is 0 Å². The van der Waals surface area contributed by atoms with Crippen LogP contribution in [0.3, 0.4) is 0 Å². The van der Waals surface area contributed by atoms with Crippen molar-refractivity contribution in [3.05, 3.63) is 36.2 Å². The average molecular weight is 220 g/mol. The number of nitrogens with zero attached hydrogens (tertiary/aromatic N) is 2. The van der Waals surface area contributed by atoms with Crippen LogP contribution in [0.4, 0.5) is 0 Å². The fourth-order valence-electron chi connectivity index (χ4n) is 1.82. The summed E-state index contributed by atoms with van der Waals surface area (Å²) in [5.41, 5.74) is 2.49. The van der Waals surface area contributed by atoms with Crippen molar-refractivity contribution < 1.29 is 0 Å². The lowest BCUT2D eigenvalue weighted by atomic mass is 10.1. The summed E-state index contributed by atoms with van der Waals surface area (Å²) in [4.78, 5) is 4.47. The number of hydrogen-bond donors (Lipinski definition) is 0. The molecule has 0 saturated carbocycles. The highest BCUT2D eigenvalue weighted by Gasteiger charge is 2.11. The Kier molecular flexibility index (Phi) is 4.81. The number of rotatable bonds is 5. The molecule has 0 aliphatic carbocycles. The van der Waals surface area contributed by atoms with E-state index in [9.17, 15) is 0 Å². The summed E-state index contributed by atoms with van der Waals surface area (Å²) >= 11 is 0. The molecule has 90 valence electrons. The standard InChI is InChI=1S/C14H24N2/c1-12(2)16-11-14(9-8-13(16)3)7-6-10-15(4)5/h8-9,11-12H,3,6-7,10H2,1-2,4-5H3. The zero-order valence-electron chi connectivity index (χ0n) is 11.0. The Labute approximate surface area is 99.9 Å². The Morgan fingerprint density at radius 3 is 2.56 bits per heavy atom. The Bertz CT molecular complexity index is 298. The molecule has 1 aliphatic heterocycles. The van der Waals surface area contributed by atoms with E-state index in [1.807, 2.05) is 0 Å². The highest BCUT2D eigenvalue weighted by Crippen LogP contribution is 2.20. The van der Waals surface area contributed by atoms with E-state index in [4.69, 9.17) is 0 Å². The van der Waals surface area contributed by atoms with Crippen molar-refractivity contribution in [3.63, 3.8) is 0 Å². The molecule has 0 aromatic heterocycles. The molecule has 16 heavy (non-hydrogen) atoms. The Balaban J connectivity index is 2.51. The predicted molar refractivity (Wildman–Crippen MR) is 71.1 cm³/mol. The van der Waals surface area contributed by atoms with Crippen molar-refractivity contribution in [1.29, 1.82) is 0 Å². The summed E-state index contributed by atoms with van der Waals surface area (Å²) < 4.78 is 0. The maximum atomic E-state index is 4.05. The van der Waals surface area contributed by atoms with Crippen LogP contribution < -0.4 is 0 Å². The normalized spacial score (nSPS) is 16.2. The highest BCUT2D eigenvalue weighted by molar-refractivity contribution is 5.32. The molecule has 0 unspecified atom stereocenters. The minimum absolute atomic E-state index is 0.487. The van der Waals surface area contributed by atoms with Crippen molar-refractivity contribution in [2.45, 2.75) is 32.7 Å². The zero-order valence-corrected chi connectivity index (χ0v) is 11.0.